The minimum absolute atomic E-state index is 0.242. The lowest BCUT2D eigenvalue weighted by Gasteiger charge is -2.27. The van der Waals surface area contributed by atoms with Crippen molar-refractivity contribution >= 4 is 0 Å². The molecule has 2 N–H and O–H groups in total. The highest BCUT2D eigenvalue weighted by molar-refractivity contribution is 4.70. The molecule has 0 aliphatic heterocycles. The van der Waals surface area contributed by atoms with Crippen LogP contribution >= 0.6 is 0 Å². The summed E-state index contributed by atoms with van der Waals surface area (Å²) in [6, 6.07) is 0. The van der Waals surface area contributed by atoms with E-state index >= 15 is 0 Å². The summed E-state index contributed by atoms with van der Waals surface area (Å²) in [5, 5.41) is 21.0. The van der Waals surface area contributed by atoms with Gasteiger partial charge in [0.05, 0.1) is 12.2 Å². The van der Waals surface area contributed by atoms with E-state index in [0.717, 1.165) is 45.3 Å². The second kappa shape index (κ2) is 22.6. The fourth-order valence-electron chi connectivity index (χ4n) is 4.12. The molecule has 176 valence electrons. The Bertz CT molecular complexity index is 291. The number of aliphatic hydroxyl groups is 2. The molecule has 0 spiro atoms. The SMILES string of the molecule is CCCCCCCCCCN(CC(O)CCCCCC)CC(O)CCCCCC. The summed E-state index contributed by atoms with van der Waals surface area (Å²) in [6.45, 7) is 9.20. The Morgan fingerprint density at radius 1 is 0.483 bits per heavy atom. The topological polar surface area (TPSA) is 43.7 Å². The summed E-state index contributed by atoms with van der Waals surface area (Å²) in [6.07, 6.45) is 21.7. The molecule has 0 heterocycles. The van der Waals surface area contributed by atoms with Gasteiger partial charge in [-0.2, -0.15) is 0 Å². The third-order valence-corrected chi connectivity index (χ3v) is 6.05. The molecular formula is C26H55NO2. The predicted octanol–water partition coefficient (Wildman–Crippen LogP) is 7.09. The van der Waals surface area contributed by atoms with Crippen LogP contribution in [0.25, 0.3) is 0 Å². The standard InChI is InChI=1S/C26H55NO2/c1-4-7-10-13-14-15-16-19-22-27(23-25(28)20-17-11-8-5-2)24-26(29)21-18-12-9-6-3/h25-26,28-29H,4-24H2,1-3H3. The van der Waals surface area contributed by atoms with Gasteiger partial charge in [-0.1, -0.05) is 117 Å². The van der Waals surface area contributed by atoms with Crippen molar-refractivity contribution in [3.8, 4) is 0 Å². The van der Waals surface area contributed by atoms with Crippen LogP contribution in [-0.4, -0.2) is 47.0 Å². The van der Waals surface area contributed by atoms with Crippen molar-refractivity contribution in [2.75, 3.05) is 19.6 Å². The minimum atomic E-state index is -0.242. The molecule has 0 aromatic rings. The summed E-state index contributed by atoms with van der Waals surface area (Å²) in [5.74, 6) is 0. The van der Waals surface area contributed by atoms with E-state index in [1.165, 1.54) is 89.9 Å². The Labute approximate surface area is 183 Å². The summed E-state index contributed by atoms with van der Waals surface area (Å²) >= 11 is 0. The lowest BCUT2D eigenvalue weighted by molar-refractivity contribution is 0.0596. The first kappa shape index (κ1) is 28.9. The highest BCUT2D eigenvalue weighted by atomic mass is 16.3. The molecule has 2 atom stereocenters. The van der Waals surface area contributed by atoms with Gasteiger partial charge in [-0.05, 0) is 25.8 Å². The predicted molar refractivity (Wildman–Crippen MR) is 129 cm³/mol. The van der Waals surface area contributed by atoms with Gasteiger partial charge in [-0.3, -0.25) is 4.90 Å². The quantitative estimate of drug-likeness (QED) is 0.176. The van der Waals surface area contributed by atoms with Crippen molar-refractivity contribution in [3.63, 3.8) is 0 Å². The first-order valence-corrected chi connectivity index (χ1v) is 13.2. The Hall–Kier alpha value is -0.120. The minimum Gasteiger partial charge on any atom is -0.392 e. The first-order chi connectivity index (χ1) is 14.1. The Kier molecular flexibility index (Phi) is 22.5. The third-order valence-electron chi connectivity index (χ3n) is 6.05. The van der Waals surface area contributed by atoms with E-state index in [1.54, 1.807) is 0 Å². The van der Waals surface area contributed by atoms with Crippen molar-refractivity contribution in [2.45, 2.75) is 149 Å². The highest BCUT2D eigenvalue weighted by Gasteiger charge is 2.15. The smallest absolute Gasteiger partial charge is 0.0667 e. The Morgan fingerprint density at radius 3 is 1.24 bits per heavy atom. The molecule has 0 saturated carbocycles. The van der Waals surface area contributed by atoms with Crippen LogP contribution in [0.5, 0.6) is 0 Å². The summed E-state index contributed by atoms with van der Waals surface area (Å²) < 4.78 is 0. The molecule has 3 nitrogen and oxygen atoms in total. The molecule has 3 heteroatoms. The van der Waals surface area contributed by atoms with E-state index in [-0.39, 0.29) is 12.2 Å². The monoisotopic (exact) mass is 413 g/mol. The summed E-state index contributed by atoms with van der Waals surface area (Å²) in [4.78, 5) is 2.34. The van der Waals surface area contributed by atoms with Gasteiger partial charge in [0.25, 0.3) is 0 Å². The van der Waals surface area contributed by atoms with Crippen LogP contribution in [0.1, 0.15) is 136 Å². The lowest BCUT2D eigenvalue weighted by atomic mass is 10.1. The Balaban J connectivity index is 4.15. The normalized spacial score (nSPS) is 13.9. The molecular weight excluding hydrogens is 358 g/mol. The average molecular weight is 414 g/mol. The van der Waals surface area contributed by atoms with Gasteiger partial charge in [0.2, 0.25) is 0 Å². The fourth-order valence-corrected chi connectivity index (χ4v) is 4.12. The molecule has 0 aromatic heterocycles. The van der Waals surface area contributed by atoms with Crippen molar-refractivity contribution in [1.29, 1.82) is 0 Å². The molecule has 0 radical (unpaired) electrons. The molecule has 2 unspecified atom stereocenters. The van der Waals surface area contributed by atoms with Crippen LogP contribution in [0.3, 0.4) is 0 Å². The van der Waals surface area contributed by atoms with Crippen molar-refractivity contribution in [2.24, 2.45) is 0 Å². The Morgan fingerprint density at radius 2 is 0.828 bits per heavy atom. The van der Waals surface area contributed by atoms with Gasteiger partial charge in [0.15, 0.2) is 0 Å². The number of nitrogens with zero attached hydrogens (tertiary/aromatic N) is 1. The van der Waals surface area contributed by atoms with Gasteiger partial charge < -0.3 is 10.2 Å². The van der Waals surface area contributed by atoms with Gasteiger partial charge >= 0.3 is 0 Å². The molecule has 0 rings (SSSR count). The maximum Gasteiger partial charge on any atom is 0.0667 e. The van der Waals surface area contributed by atoms with E-state index < -0.39 is 0 Å². The molecule has 0 fully saturated rings. The number of aliphatic hydroxyl groups excluding tert-OH is 2. The highest BCUT2D eigenvalue weighted by Crippen LogP contribution is 2.13. The van der Waals surface area contributed by atoms with Gasteiger partial charge in [-0.15, -0.1) is 0 Å². The van der Waals surface area contributed by atoms with E-state index in [4.69, 9.17) is 0 Å². The molecule has 0 bridgehead atoms. The van der Waals surface area contributed by atoms with E-state index in [1.807, 2.05) is 0 Å². The van der Waals surface area contributed by atoms with Crippen LogP contribution in [0.15, 0.2) is 0 Å². The zero-order chi connectivity index (χ0) is 21.6. The average Bonchev–Trinajstić information content (AvgIpc) is 2.70. The number of hydrogen-bond acceptors (Lipinski definition) is 3. The van der Waals surface area contributed by atoms with Crippen LogP contribution in [0.4, 0.5) is 0 Å². The number of rotatable bonds is 23. The van der Waals surface area contributed by atoms with Crippen molar-refractivity contribution in [3.05, 3.63) is 0 Å². The van der Waals surface area contributed by atoms with E-state index in [2.05, 4.69) is 25.7 Å². The van der Waals surface area contributed by atoms with Crippen LogP contribution in [0.2, 0.25) is 0 Å². The molecule has 0 aromatic carbocycles. The first-order valence-electron chi connectivity index (χ1n) is 13.2. The van der Waals surface area contributed by atoms with Crippen molar-refractivity contribution in [1.82, 2.24) is 4.90 Å². The van der Waals surface area contributed by atoms with Gasteiger partial charge in [-0.25, -0.2) is 0 Å². The number of unbranched alkanes of at least 4 members (excludes halogenated alkanes) is 13. The van der Waals surface area contributed by atoms with Crippen LogP contribution in [-0.2, 0) is 0 Å². The second-order valence-electron chi connectivity index (χ2n) is 9.24. The third kappa shape index (κ3) is 20.9. The summed E-state index contributed by atoms with van der Waals surface area (Å²) in [7, 11) is 0. The maximum atomic E-state index is 10.5. The molecule has 0 amide bonds. The van der Waals surface area contributed by atoms with Crippen molar-refractivity contribution < 1.29 is 10.2 Å². The van der Waals surface area contributed by atoms with Crippen LogP contribution in [0, 0.1) is 0 Å². The lowest BCUT2D eigenvalue weighted by Crippen LogP contribution is -2.38. The second-order valence-corrected chi connectivity index (χ2v) is 9.24. The zero-order valence-corrected chi connectivity index (χ0v) is 20.3. The van der Waals surface area contributed by atoms with Crippen LogP contribution < -0.4 is 0 Å². The van der Waals surface area contributed by atoms with E-state index in [0.29, 0.717) is 0 Å². The molecule has 29 heavy (non-hydrogen) atoms. The fraction of sp³-hybridized carbons (Fsp3) is 1.00. The van der Waals surface area contributed by atoms with Gasteiger partial charge in [0.1, 0.15) is 0 Å². The molecule has 0 aliphatic carbocycles. The van der Waals surface area contributed by atoms with Gasteiger partial charge in [0, 0.05) is 13.1 Å². The summed E-state index contributed by atoms with van der Waals surface area (Å²) in [5.41, 5.74) is 0. The maximum absolute atomic E-state index is 10.5. The number of hydrogen-bond donors (Lipinski definition) is 2. The van der Waals surface area contributed by atoms with E-state index in [9.17, 15) is 10.2 Å². The molecule has 0 saturated heterocycles. The zero-order valence-electron chi connectivity index (χ0n) is 20.3. The molecule has 0 aliphatic rings. The largest absolute Gasteiger partial charge is 0.392 e.